The van der Waals surface area contributed by atoms with Crippen molar-refractivity contribution in [2.45, 2.75) is 26.8 Å². The molecule has 0 aliphatic carbocycles. The summed E-state index contributed by atoms with van der Waals surface area (Å²) >= 11 is 6.10. The van der Waals surface area contributed by atoms with Gasteiger partial charge in [-0.15, -0.1) is 0 Å². The Morgan fingerprint density at radius 2 is 2.13 bits per heavy atom. The van der Waals surface area contributed by atoms with Gasteiger partial charge in [0.05, 0.1) is 18.2 Å². The molecule has 1 N–H and O–H groups in total. The van der Waals surface area contributed by atoms with E-state index < -0.39 is 23.9 Å². The lowest BCUT2D eigenvalue weighted by atomic mass is 9.94. The van der Waals surface area contributed by atoms with E-state index in [9.17, 15) is 14.0 Å². The minimum atomic E-state index is -0.988. The molecule has 1 aromatic carbocycles. The van der Waals surface area contributed by atoms with E-state index in [0.29, 0.717) is 12.2 Å². The van der Waals surface area contributed by atoms with Crippen molar-refractivity contribution in [2.24, 2.45) is 0 Å². The molecule has 1 aromatic rings. The Balaban J connectivity index is 2.63. The average molecular weight is 341 g/mol. The minimum absolute atomic E-state index is 0.0562. The Hall–Kier alpha value is -2.08. The van der Waals surface area contributed by atoms with E-state index in [1.54, 1.807) is 20.8 Å². The van der Waals surface area contributed by atoms with Gasteiger partial charge >= 0.3 is 12.0 Å². The van der Waals surface area contributed by atoms with Crippen LogP contribution in [0.25, 0.3) is 0 Å². The number of allylic oxidation sites excluding steroid dienone is 1. The summed E-state index contributed by atoms with van der Waals surface area (Å²) in [5, 5.41) is 2.77. The number of esters is 1. The Labute approximate surface area is 139 Å². The van der Waals surface area contributed by atoms with Crippen molar-refractivity contribution in [1.29, 1.82) is 0 Å². The molecule has 1 aliphatic heterocycles. The summed E-state index contributed by atoms with van der Waals surface area (Å²) in [5.74, 6) is -1.20. The number of benzene rings is 1. The third-order valence-corrected chi connectivity index (χ3v) is 4.03. The van der Waals surface area contributed by atoms with E-state index in [0.717, 1.165) is 0 Å². The average Bonchev–Trinajstić information content (AvgIpc) is 2.47. The number of carbonyl (C=O) groups excluding carboxylic acids is 2. The highest BCUT2D eigenvalue weighted by atomic mass is 35.5. The second-order valence-corrected chi connectivity index (χ2v) is 5.39. The van der Waals surface area contributed by atoms with E-state index in [1.165, 1.54) is 23.1 Å². The van der Waals surface area contributed by atoms with Gasteiger partial charge in [0.15, 0.2) is 0 Å². The van der Waals surface area contributed by atoms with Gasteiger partial charge in [0.1, 0.15) is 5.82 Å². The molecule has 1 atom stereocenters. The molecule has 0 bridgehead atoms. The van der Waals surface area contributed by atoms with Gasteiger partial charge in [-0.05, 0) is 32.9 Å². The van der Waals surface area contributed by atoms with Crippen molar-refractivity contribution in [1.82, 2.24) is 10.2 Å². The second kappa shape index (κ2) is 7.00. The molecule has 2 rings (SSSR count). The lowest BCUT2D eigenvalue weighted by Gasteiger charge is -2.35. The normalized spacial score (nSPS) is 18.0. The van der Waals surface area contributed by atoms with Crippen LogP contribution in [0.5, 0.6) is 0 Å². The lowest BCUT2D eigenvalue weighted by molar-refractivity contribution is -0.139. The van der Waals surface area contributed by atoms with Crippen molar-refractivity contribution in [3.8, 4) is 0 Å². The molecule has 0 saturated heterocycles. The highest BCUT2D eigenvalue weighted by molar-refractivity contribution is 6.31. The first kappa shape index (κ1) is 17.3. The van der Waals surface area contributed by atoms with Crippen LogP contribution in [0.15, 0.2) is 29.5 Å². The molecule has 0 aromatic heterocycles. The van der Waals surface area contributed by atoms with Crippen molar-refractivity contribution in [3.63, 3.8) is 0 Å². The second-order valence-electron chi connectivity index (χ2n) is 4.98. The summed E-state index contributed by atoms with van der Waals surface area (Å²) in [5.41, 5.74) is 0.667. The van der Waals surface area contributed by atoms with E-state index >= 15 is 0 Å². The van der Waals surface area contributed by atoms with Crippen LogP contribution < -0.4 is 5.32 Å². The van der Waals surface area contributed by atoms with Gasteiger partial charge in [0.25, 0.3) is 0 Å². The number of nitrogens with one attached hydrogen (secondary N) is 1. The first-order valence-corrected chi connectivity index (χ1v) is 7.69. The molecule has 0 radical (unpaired) electrons. The van der Waals surface area contributed by atoms with Crippen LogP contribution in [0.4, 0.5) is 9.18 Å². The highest BCUT2D eigenvalue weighted by Gasteiger charge is 2.37. The molecule has 5 nitrogen and oxygen atoms in total. The number of halogens is 2. The maximum absolute atomic E-state index is 14.3. The number of amides is 2. The van der Waals surface area contributed by atoms with Gasteiger partial charge < -0.3 is 10.1 Å². The smallest absolute Gasteiger partial charge is 0.338 e. The Bertz CT molecular complexity index is 655. The summed E-state index contributed by atoms with van der Waals surface area (Å²) in [7, 11) is 0. The van der Waals surface area contributed by atoms with Crippen LogP contribution in [-0.4, -0.2) is 30.1 Å². The number of hydrogen-bond donors (Lipinski definition) is 1. The molecular formula is C16H18ClFN2O3. The molecule has 0 spiro atoms. The fraction of sp³-hybridized carbons (Fsp3) is 0.375. The summed E-state index contributed by atoms with van der Waals surface area (Å²) < 4.78 is 19.3. The maximum Gasteiger partial charge on any atom is 0.338 e. The third-order valence-electron chi connectivity index (χ3n) is 3.70. The van der Waals surface area contributed by atoms with E-state index in [4.69, 9.17) is 16.3 Å². The van der Waals surface area contributed by atoms with Crippen LogP contribution in [0.1, 0.15) is 32.4 Å². The standard InChI is InChI=1S/C16H18ClFN2O3/c1-4-20-9(3)12(15(21)23-5-2)14(19-16(20)22)13-10(17)7-6-8-11(13)18/h6-8,14H,4-5H2,1-3H3,(H,19,22). The molecule has 2 amide bonds. The number of carbonyl (C=O) groups is 2. The molecule has 0 fully saturated rings. The molecular weight excluding hydrogens is 323 g/mol. The zero-order valence-electron chi connectivity index (χ0n) is 13.2. The van der Waals surface area contributed by atoms with E-state index in [2.05, 4.69) is 5.32 Å². The van der Waals surface area contributed by atoms with Gasteiger partial charge in [-0.25, -0.2) is 14.0 Å². The Kier molecular flexibility index (Phi) is 5.26. The van der Waals surface area contributed by atoms with Gasteiger partial charge in [-0.3, -0.25) is 4.90 Å². The number of urea groups is 1. The number of nitrogens with zero attached hydrogens (tertiary/aromatic N) is 1. The van der Waals surface area contributed by atoms with E-state index in [-0.39, 0.29) is 22.8 Å². The molecule has 7 heteroatoms. The van der Waals surface area contributed by atoms with Crippen LogP contribution >= 0.6 is 11.6 Å². The highest BCUT2D eigenvalue weighted by Crippen LogP contribution is 2.36. The van der Waals surface area contributed by atoms with Gasteiger partial charge in [0.2, 0.25) is 0 Å². The SMILES string of the molecule is CCOC(=O)C1=C(C)N(CC)C(=O)NC1c1c(F)cccc1Cl. The van der Waals surface area contributed by atoms with Gasteiger partial charge in [-0.1, -0.05) is 17.7 Å². The minimum Gasteiger partial charge on any atom is -0.463 e. The molecule has 23 heavy (non-hydrogen) atoms. The van der Waals surface area contributed by atoms with Crippen molar-refractivity contribution < 1.29 is 18.7 Å². The first-order valence-electron chi connectivity index (χ1n) is 7.32. The Morgan fingerprint density at radius 3 is 2.70 bits per heavy atom. The molecule has 1 heterocycles. The van der Waals surface area contributed by atoms with Crippen LogP contribution in [0.3, 0.4) is 0 Å². The monoisotopic (exact) mass is 340 g/mol. The maximum atomic E-state index is 14.3. The topological polar surface area (TPSA) is 58.6 Å². The summed E-state index contributed by atoms with van der Waals surface area (Å²) in [4.78, 5) is 26.0. The Morgan fingerprint density at radius 1 is 1.43 bits per heavy atom. The van der Waals surface area contributed by atoms with Crippen LogP contribution in [0, 0.1) is 5.82 Å². The van der Waals surface area contributed by atoms with Gasteiger partial charge in [-0.2, -0.15) is 0 Å². The quantitative estimate of drug-likeness (QED) is 0.855. The fourth-order valence-electron chi connectivity index (χ4n) is 2.64. The molecule has 0 saturated carbocycles. The number of ether oxygens (including phenoxy) is 1. The molecule has 1 aliphatic rings. The van der Waals surface area contributed by atoms with E-state index in [1.807, 2.05) is 0 Å². The summed E-state index contributed by atoms with van der Waals surface area (Å²) in [6.45, 7) is 5.64. The molecule has 124 valence electrons. The number of hydrogen-bond acceptors (Lipinski definition) is 3. The zero-order valence-corrected chi connectivity index (χ0v) is 13.9. The zero-order chi connectivity index (χ0) is 17.1. The lowest BCUT2D eigenvalue weighted by Crippen LogP contribution is -2.48. The van der Waals surface area contributed by atoms with Crippen LogP contribution in [0.2, 0.25) is 5.02 Å². The van der Waals surface area contributed by atoms with Gasteiger partial charge in [0, 0.05) is 22.8 Å². The first-order chi connectivity index (χ1) is 10.9. The van der Waals surface area contributed by atoms with Crippen molar-refractivity contribution in [2.75, 3.05) is 13.2 Å². The number of rotatable bonds is 4. The fourth-order valence-corrected chi connectivity index (χ4v) is 2.91. The third kappa shape index (κ3) is 3.17. The van der Waals surface area contributed by atoms with Crippen molar-refractivity contribution >= 4 is 23.6 Å². The molecule has 1 unspecified atom stereocenters. The predicted molar refractivity (Wildman–Crippen MR) is 84.4 cm³/mol. The largest absolute Gasteiger partial charge is 0.463 e. The predicted octanol–water partition coefficient (Wildman–Crippen LogP) is 3.40. The van der Waals surface area contributed by atoms with Crippen LogP contribution in [-0.2, 0) is 9.53 Å². The summed E-state index contributed by atoms with van der Waals surface area (Å²) in [6.07, 6.45) is 0. The van der Waals surface area contributed by atoms with Crippen molar-refractivity contribution in [3.05, 3.63) is 45.9 Å². The summed E-state index contributed by atoms with van der Waals surface area (Å²) in [6, 6.07) is 2.80.